The summed E-state index contributed by atoms with van der Waals surface area (Å²) in [5, 5.41) is 7.28. The smallest absolute Gasteiger partial charge is 0.118 e. The molecule has 0 aromatic carbocycles. The summed E-state index contributed by atoms with van der Waals surface area (Å²) >= 11 is 0. The number of rotatable bonds is 3. The van der Waals surface area contributed by atoms with E-state index in [9.17, 15) is 0 Å². The van der Waals surface area contributed by atoms with Crippen LogP contribution in [0.5, 0.6) is 0 Å². The quantitative estimate of drug-likeness (QED) is 0.433. The molecule has 1 aliphatic heterocycles. The molecule has 1 atom stereocenters. The summed E-state index contributed by atoms with van der Waals surface area (Å²) in [5.41, 5.74) is 0.771. The average molecular weight is 113 g/mol. The minimum atomic E-state index is 0.204. The predicted octanol–water partition coefficient (Wildman–Crippen LogP) is 1.21. The van der Waals surface area contributed by atoms with E-state index < -0.39 is 0 Å². The Morgan fingerprint density at radius 3 is 2.88 bits per heavy atom. The minimum Gasteiger partial charge on any atom is -0.367 e. The average Bonchev–Trinajstić information content (AvgIpc) is 2.45. The molecule has 46 valence electrons. The molecule has 1 N–H and O–H groups in total. The summed E-state index contributed by atoms with van der Waals surface area (Å²) in [6.45, 7) is 2.87. The zero-order valence-corrected chi connectivity index (χ0v) is 5.11. The van der Waals surface area contributed by atoms with Crippen LogP contribution in [0.25, 0.3) is 0 Å². The minimum absolute atomic E-state index is 0.204. The molecule has 1 fully saturated rings. The molecule has 0 saturated carbocycles. The maximum atomic E-state index is 7.28. The molecular formula is C6H11NO. The Morgan fingerprint density at radius 1 is 1.88 bits per heavy atom. The van der Waals surface area contributed by atoms with Crippen molar-refractivity contribution in [2.45, 2.75) is 25.9 Å². The van der Waals surface area contributed by atoms with Crippen LogP contribution in [0.3, 0.4) is 0 Å². The third kappa shape index (κ3) is 1.30. The van der Waals surface area contributed by atoms with Gasteiger partial charge in [0.2, 0.25) is 0 Å². The summed E-state index contributed by atoms with van der Waals surface area (Å²) in [6, 6.07) is 0. The highest BCUT2D eigenvalue weighted by molar-refractivity contribution is 5.87. The molecule has 0 aromatic rings. The summed E-state index contributed by atoms with van der Waals surface area (Å²) in [5.74, 6) is 0. The molecule has 1 saturated heterocycles. The second-order valence-corrected chi connectivity index (χ2v) is 2.10. The molecule has 0 radical (unpaired) electrons. The van der Waals surface area contributed by atoms with E-state index in [1.807, 2.05) is 0 Å². The van der Waals surface area contributed by atoms with Crippen LogP contribution in [-0.4, -0.2) is 18.4 Å². The molecule has 1 aliphatic rings. The molecule has 1 unspecified atom stereocenters. The summed E-state index contributed by atoms with van der Waals surface area (Å²) < 4.78 is 4.90. The van der Waals surface area contributed by atoms with Crippen molar-refractivity contribution >= 4 is 5.71 Å². The van der Waals surface area contributed by atoms with Crippen molar-refractivity contribution in [3.8, 4) is 0 Å². The summed E-state index contributed by atoms with van der Waals surface area (Å²) in [7, 11) is 0. The van der Waals surface area contributed by atoms with Gasteiger partial charge >= 0.3 is 0 Å². The third-order valence-electron chi connectivity index (χ3n) is 1.24. The SMILES string of the molecule is CCCC(=N)C1CO1. The van der Waals surface area contributed by atoms with Crippen molar-refractivity contribution in [2.75, 3.05) is 6.61 Å². The van der Waals surface area contributed by atoms with Crippen LogP contribution < -0.4 is 0 Å². The lowest BCUT2D eigenvalue weighted by Gasteiger charge is -1.91. The lowest BCUT2D eigenvalue weighted by Crippen LogP contribution is -2.03. The van der Waals surface area contributed by atoms with Gasteiger partial charge in [0.05, 0.1) is 6.61 Å². The van der Waals surface area contributed by atoms with Gasteiger partial charge in [-0.15, -0.1) is 0 Å². The van der Waals surface area contributed by atoms with E-state index in [1.54, 1.807) is 0 Å². The Labute approximate surface area is 49.4 Å². The molecular weight excluding hydrogens is 102 g/mol. The van der Waals surface area contributed by atoms with Gasteiger partial charge in [-0.2, -0.15) is 0 Å². The van der Waals surface area contributed by atoms with E-state index in [1.165, 1.54) is 0 Å². The maximum absolute atomic E-state index is 7.28. The summed E-state index contributed by atoms with van der Waals surface area (Å²) in [4.78, 5) is 0. The Hall–Kier alpha value is -0.370. The molecule has 0 spiro atoms. The van der Waals surface area contributed by atoms with Crippen LogP contribution in [0.1, 0.15) is 19.8 Å². The second-order valence-electron chi connectivity index (χ2n) is 2.10. The highest BCUT2D eigenvalue weighted by Crippen LogP contribution is 2.12. The molecule has 2 nitrogen and oxygen atoms in total. The van der Waals surface area contributed by atoms with Crippen molar-refractivity contribution in [2.24, 2.45) is 0 Å². The number of ether oxygens (including phenoxy) is 1. The Bertz CT molecular complexity index is 96.7. The zero-order chi connectivity index (χ0) is 5.98. The van der Waals surface area contributed by atoms with Gasteiger partial charge in [0.1, 0.15) is 6.10 Å². The van der Waals surface area contributed by atoms with Gasteiger partial charge in [-0.05, 0) is 6.42 Å². The first kappa shape index (κ1) is 5.76. The van der Waals surface area contributed by atoms with E-state index in [0.29, 0.717) is 0 Å². The number of epoxide rings is 1. The molecule has 1 rings (SSSR count). The first-order chi connectivity index (χ1) is 3.84. The molecule has 0 aromatic heterocycles. The van der Waals surface area contributed by atoms with Gasteiger partial charge in [0.15, 0.2) is 0 Å². The summed E-state index contributed by atoms with van der Waals surface area (Å²) in [6.07, 6.45) is 2.18. The van der Waals surface area contributed by atoms with Crippen LogP contribution in [0, 0.1) is 5.41 Å². The Balaban J connectivity index is 2.13. The van der Waals surface area contributed by atoms with E-state index in [4.69, 9.17) is 10.1 Å². The number of nitrogens with one attached hydrogen (secondary N) is 1. The van der Waals surface area contributed by atoms with Gasteiger partial charge in [0, 0.05) is 5.71 Å². The number of hydrogen-bond donors (Lipinski definition) is 1. The van der Waals surface area contributed by atoms with Crippen LogP contribution in [-0.2, 0) is 4.74 Å². The van der Waals surface area contributed by atoms with Crippen molar-refractivity contribution in [3.63, 3.8) is 0 Å². The van der Waals surface area contributed by atoms with Crippen LogP contribution in [0.15, 0.2) is 0 Å². The Morgan fingerprint density at radius 2 is 2.50 bits per heavy atom. The molecule has 8 heavy (non-hydrogen) atoms. The second kappa shape index (κ2) is 2.27. The van der Waals surface area contributed by atoms with E-state index >= 15 is 0 Å². The fourth-order valence-corrected chi connectivity index (χ4v) is 0.680. The van der Waals surface area contributed by atoms with Crippen molar-refractivity contribution in [1.82, 2.24) is 0 Å². The fourth-order valence-electron chi connectivity index (χ4n) is 0.680. The van der Waals surface area contributed by atoms with Gasteiger partial charge in [-0.1, -0.05) is 13.3 Å². The van der Waals surface area contributed by atoms with Crippen LogP contribution in [0.4, 0.5) is 0 Å². The van der Waals surface area contributed by atoms with Crippen molar-refractivity contribution in [1.29, 1.82) is 5.41 Å². The molecule has 0 aliphatic carbocycles. The first-order valence-corrected chi connectivity index (χ1v) is 3.03. The van der Waals surface area contributed by atoms with Gasteiger partial charge in [0.25, 0.3) is 0 Å². The number of hydrogen-bond acceptors (Lipinski definition) is 2. The van der Waals surface area contributed by atoms with E-state index in [-0.39, 0.29) is 6.10 Å². The normalized spacial score (nSPS) is 25.4. The molecule has 0 amide bonds. The molecule has 2 heteroatoms. The van der Waals surface area contributed by atoms with Gasteiger partial charge in [-0.3, -0.25) is 0 Å². The molecule has 0 bridgehead atoms. The van der Waals surface area contributed by atoms with E-state index in [0.717, 1.165) is 25.2 Å². The zero-order valence-electron chi connectivity index (χ0n) is 5.11. The lowest BCUT2D eigenvalue weighted by atomic mass is 10.2. The van der Waals surface area contributed by atoms with Crippen molar-refractivity contribution < 1.29 is 4.74 Å². The first-order valence-electron chi connectivity index (χ1n) is 3.03. The highest BCUT2D eigenvalue weighted by atomic mass is 16.6. The van der Waals surface area contributed by atoms with Crippen molar-refractivity contribution in [3.05, 3.63) is 0 Å². The predicted molar refractivity (Wildman–Crippen MR) is 32.4 cm³/mol. The molecule has 1 heterocycles. The van der Waals surface area contributed by atoms with E-state index in [2.05, 4.69) is 6.92 Å². The maximum Gasteiger partial charge on any atom is 0.118 e. The topological polar surface area (TPSA) is 36.4 Å². The van der Waals surface area contributed by atoms with Gasteiger partial charge in [-0.25, -0.2) is 0 Å². The fraction of sp³-hybridized carbons (Fsp3) is 0.833. The van der Waals surface area contributed by atoms with Gasteiger partial charge < -0.3 is 10.1 Å². The monoisotopic (exact) mass is 113 g/mol. The third-order valence-corrected chi connectivity index (χ3v) is 1.24. The standard InChI is InChI=1S/C6H11NO/c1-2-3-5(7)6-4-8-6/h6-7H,2-4H2,1H3. The highest BCUT2D eigenvalue weighted by Gasteiger charge is 2.26. The van der Waals surface area contributed by atoms with Crippen LogP contribution in [0.2, 0.25) is 0 Å². The van der Waals surface area contributed by atoms with Crippen LogP contribution >= 0.6 is 0 Å². The Kier molecular flexibility index (Phi) is 1.63. The largest absolute Gasteiger partial charge is 0.367 e. The lowest BCUT2D eigenvalue weighted by molar-refractivity contribution is 0.446.